The monoisotopic (exact) mass is 790 g/mol. The van der Waals surface area contributed by atoms with E-state index < -0.39 is 8.01 Å². The number of carbonyl (C=O) groups is 1. The van der Waals surface area contributed by atoms with Crippen LogP contribution >= 0.6 is 8.01 Å². The Morgan fingerprint density at radius 1 is 0.404 bits per heavy atom. The zero-order chi connectivity index (χ0) is 38.7. The molecule has 0 saturated heterocycles. The predicted molar refractivity (Wildman–Crippen MR) is 219 cm³/mol. The SMILES string of the molecule is O=C(c1ccc2c(c1)OCCOCCOCCOc1ccccc1OCCOCCOCCO2)p1oc2ccc3ccccc3c2c2c(ccc3ccccc32)o1. The molecule has 7 aromatic rings. The molecule has 0 saturated carbocycles. The lowest BCUT2D eigenvalue weighted by Gasteiger charge is -2.15. The minimum atomic E-state index is -2.12. The Kier molecular flexibility index (Phi) is 12.8. The highest BCUT2D eigenvalue weighted by Crippen LogP contribution is 2.43. The van der Waals surface area contributed by atoms with Gasteiger partial charge in [-0.25, -0.2) is 0 Å². The Bertz CT molecular complexity index is 2400. The van der Waals surface area contributed by atoms with Gasteiger partial charge in [0.25, 0.3) is 13.5 Å². The Labute approximate surface area is 330 Å². The molecular weight excluding hydrogens is 747 g/mol. The van der Waals surface area contributed by atoms with Gasteiger partial charge >= 0.3 is 0 Å². The van der Waals surface area contributed by atoms with Gasteiger partial charge in [0.1, 0.15) is 37.6 Å². The number of hydrogen-bond donors (Lipinski definition) is 0. The lowest BCUT2D eigenvalue weighted by atomic mass is 9.99. The van der Waals surface area contributed by atoms with E-state index in [-0.39, 0.29) is 18.7 Å². The van der Waals surface area contributed by atoms with E-state index in [1.807, 2.05) is 72.8 Å². The van der Waals surface area contributed by atoms with E-state index in [1.54, 1.807) is 18.2 Å². The van der Waals surface area contributed by atoms with Crippen molar-refractivity contribution in [2.75, 3.05) is 79.3 Å². The second kappa shape index (κ2) is 19.1. The number of ether oxygens (including phenoxy) is 8. The summed E-state index contributed by atoms with van der Waals surface area (Å²) in [5.74, 6) is 2.14. The van der Waals surface area contributed by atoms with Crippen LogP contribution < -0.4 is 18.9 Å². The molecule has 0 fully saturated rings. The summed E-state index contributed by atoms with van der Waals surface area (Å²) in [4.78, 5) is 14.4. The first-order chi connectivity index (χ1) is 28.2. The maximum Gasteiger partial charge on any atom is 0.297 e. The van der Waals surface area contributed by atoms with Crippen molar-refractivity contribution in [2.24, 2.45) is 0 Å². The Morgan fingerprint density at radius 2 is 0.807 bits per heavy atom. The summed E-state index contributed by atoms with van der Waals surface area (Å²) in [5, 5.41) is 5.94. The summed E-state index contributed by atoms with van der Waals surface area (Å²) in [7, 11) is -2.12. The molecule has 0 spiro atoms. The van der Waals surface area contributed by atoms with Gasteiger partial charge in [-0.1, -0.05) is 72.8 Å². The van der Waals surface area contributed by atoms with Crippen LogP contribution in [0.4, 0.5) is 0 Å². The van der Waals surface area contributed by atoms with Gasteiger partial charge in [0, 0.05) is 16.3 Å². The lowest BCUT2D eigenvalue weighted by molar-refractivity contribution is 0.0223. The largest absolute Gasteiger partial charge is 0.487 e. The Balaban J connectivity index is 1.02. The van der Waals surface area contributed by atoms with Crippen LogP contribution in [0.5, 0.6) is 23.0 Å². The highest BCUT2D eigenvalue weighted by Gasteiger charge is 2.21. The molecule has 12 heteroatoms. The van der Waals surface area contributed by atoms with E-state index in [0.29, 0.717) is 106 Å². The van der Waals surface area contributed by atoms with Crippen molar-refractivity contribution in [3.8, 4) is 23.0 Å². The zero-order valence-electron chi connectivity index (χ0n) is 31.4. The van der Waals surface area contributed by atoms with Gasteiger partial charge < -0.3 is 46.3 Å². The third-order valence-electron chi connectivity index (χ3n) is 9.28. The minimum Gasteiger partial charge on any atom is -0.487 e. The first-order valence-corrected chi connectivity index (χ1v) is 20.2. The fraction of sp³-hybridized carbons (Fsp3) is 0.267. The summed E-state index contributed by atoms with van der Waals surface area (Å²) in [6, 6.07) is 36.8. The molecule has 0 amide bonds. The second-order valence-corrected chi connectivity index (χ2v) is 14.3. The van der Waals surface area contributed by atoms with Gasteiger partial charge in [-0.05, 0) is 64.0 Å². The van der Waals surface area contributed by atoms with Crippen molar-refractivity contribution < 1.29 is 51.1 Å². The van der Waals surface area contributed by atoms with E-state index in [2.05, 4.69) is 24.3 Å². The highest BCUT2D eigenvalue weighted by molar-refractivity contribution is 7.58. The predicted octanol–water partition coefficient (Wildman–Crippen LogP) is 9.58. The number of carbonyl (C=O) groups excluding carboxylic acids is 1. The average Bonchev–Trinajstić information content (AvgIpc) is 3.42. The average molecular weight is 791 g/mol. The maximum atomic E-state index is 14.4. The fourth-order valence-corrected chi connectivity index (χ4v) is 7.82. The molecule has 8 rings (SSSR count). The number of fused-ring (bicyclic) bond motifs is 9. The molecular formula is C45H43O11P. The van der Waals surface area contributed by atoms with Crippen molar-refractivity contribution in [3.63, 3.8) is 0 Å². The lowest BCUT2D eigenvalue weighted by Crippen LogP contribution is -2.15. The Hall–Kier alpha value is -5.55. The normalized spacial score (nSPS) is 15.6. The van der Waals surface area contributed by atoms with Crippen molar-refractivity contribution in [1.82, 2.24) is 0 Å². The molecule has 0 bridgehead atoms. The summed E-state index contributed by atoms with van der Waals surface area (Å²) in [6.45, 7) is 4.14. The molecule has 1 aromatic heterocycles. The van der Waals surface area contributed by atoms with Crippen LogP contribution in [-0.2, 0) is 18.9 Å². The Morgan fingerprint density at radius 3 is 1.30 bits per heavy atom. The molecule has 1 aliphatic rings. The van der Waals surface area contributed by atoms with Crippen molar-refractivity contribution in [3.05, 3.63) is 121 Å². The molecule has 0 radical (unpaired) electrons. The molecule has 11 nitrogen and oxygen atoms in total. The van der Waals surface area contributed by atoms with Gasteiger partial charge in [-0.3, -0.25) is 4.79 Å². The van der Waals surface area contributed by atoms with Crippen LogP contribution in [0, 0.1) is 0 Å². The van der Waals surface area contributed by atoms with Crippen molar-refractivity contribution >= 4 is 57.0 Å². The molecule has 0 N–H and O–H groups in total. The topological polar surface area (TPSA) is 117 Å². The summed E-state index contributed by atoms with van der Waals surface area (Å²) >= 11 is 0. The number of rotatable bonds is 2. The van der Waals surface area contributed by atoms with Crippen LogP contribution in [-0.4, -0.2) is 84.8 Å². The molecule has 0 unspecified atom stereocenters. The standard InChI is InChI=1S/C45H43O11P/c46-45(57-55-40-17-13-32-7-1-3-9-35(32)43(40)44-36-10-4-2-8-33(36)14-18-41(44)56-57)34-15-16-39-42(31-34)54-30-26-50-22-21-48-24-28-52-38-12-6-5-11-37(38)51-27-23-47-19-20-49-25-29-53-39/h1-18,31H,19-30H2. The minimum absolute atomic E-state index is 0.213. The molecule has 1 aliphatic heterocycles. The van der Waals surface area contributed by atoms with Gasteiger partial charge in [0.2, 0.25) is 0 Å². The van der Waals surface area contributed by atoms with Gasteiger partial charge in [0.05, 0.1) is 52.9 Å². The maximum absolute atomic E-state index is 14.4. The van der Waals surface area contributed by atoms with Crippen molar-refractivity contribution in [2.45, 2.75) is 0 Å². The van der Waals surface area contributed by atoms with E-state index in [4.69, 9.17) is 46.3 Å². The van der Waals surface area contributed by atoms with Crippen LogP contribution in [0.25, 0.3) is 43.5 Å². The van der Waals surface area contributed by atoms with Crippen LogP contribution in [0.3, 0.4) is 0 Å². The smallest absolute Gasteiger partial charge is 0.297 e. The van der Waals surface area contributed by atoms with Crippen LogP contribution in [0.2, 0.25) is 0 Å². The fourth-order valence-electron chi connectivity index (χ4n) is 6.60. The van der Waals surface area contributed by atoms with Crippen LogP contribution in [0.15, 0.2) is 124 Å². The second-order valence-electron chi connectivity index (χ2n) is 13.0. The molecule has 57 heavy (non-hydrogen) atoms. The summed E-state index contributed by atoms with van der Waals surface area (Å²) in [6.07, 6.45) is 0. The van der Waals surface area contributed by atoms with Gasteiger partial charge in [-0.15, -0.1) is 0 Å². The molecule has 0 atom stereocenters. The quantitative estimate of drug-likeness (QED) is 0.167. The summed E-state index contributed by atoms with van der Waals surface area (Å²) in [5.41, 5.74) is 1.22. The summed E-state index contributed by atoms with van der Waals surface area (Å²) < 4.78 is 59.9. The van der Waals surface area contributed by atoms with Crippen LogP contribution in [0.1, 0.15) is 10.4 Å². The van der Waals surface area contributed by atoms with Gasteiger partial charge in [0.15, 0.2) is 23.0 Å². The molecule has 0 aliphatic carbocycles. The van der Waals surface area contributed by atoms with E-state index in [9.17, 15) is 4.79 Å². The third-order valence-corrected chi connectivity index (χ3v) is 10.6. The van der Waals surface area contributed by atoms with Crippen molar-refractivity contribution in [1.29, 1.82) is 0 Å². The first-order valence-electron chi connectivity index (χ1n) is 19.0. The number of para-hydroxylation sites is 2. The van der Waals surface area contributed by atoms with Gasteiger partial charge in [-0.2, -0.15) is 0 Å². The highest BCUT2D eigenvalue weighted by atomic mass is 31.1. The third kappa shape index (κ3) is 9.37. The number of hydrogen-bond acceptors (Lipinski definition) is 11. The van der Waals surface area contributed by atoms with E-state index in [0.717, 1.165) is 32.3 Å². The van der Waals surface area contributed by atoms with E-state index in [1.165, 1.54) is 0 Å². The van der Waals surface area contributed by atoms with E-state index >= 15 is 0 Å². The first kappa shape index (κ1) is 38.3. The zero-order valence-corrected chi connectivity index (χ0v) is 32.3. The number of benzene rings is 6. The molecule has 2 heterocycles. The molecule has 294 valence electrons. The molecule has 6 aromatic carbocycles.